The summed E-state index contributed by atoms with van der Waals surface area (Å²) in [4.78, 5) is 10.8. The number of aryl methyl sites for hydroxylation is 2. The van der Waals surface area contributed by atoms with Gasteiger partial charge in [-0.2, -0.15) is 0 Å². The van der Waals surface area contributed by atoms with E-state index in [0.717, 1.165) is 24.5 Å². The van der Waals surface area contributed by atoms with Crippen LogP contribution in [0.2, 0.25) is 0 Å². The van der Waals surface area contributed by atoms with Crippen molar-refractivity contribution in [2.24, 2.45) is 0 Å². The Bertz CT molecular complexity index is 281. The van der Waals surface area contributed by atoms with Gasteiger partial charge in [0.15, 0.2) is 0 Å². The van der Waals surface area contributed by atoms with E-state index in [1.165, 1.54) is 5.56 Å². The number of aromatic nitrogens is 2. The van der Waals surface area contributed by atoms with Gasteiger partial charge in [0.1, 0.15) is 5.82 Å². The van der Waals surface area contributed by atoms with Crippen molar-refractivity contribution in [3.63, 3.8) is 0 Å². The van der Waals surface area contributed by atoms with Crippen LogP contribution < -0.4 is 0 Å². The van der Waals surface area contributed by atoms with E-state index in [4.69, 9.17) is 0 Å². The molecule has 3 heteroatoms. The van der Waals surface area contributed by atoms with E-state index in [-0.39, 0.29) is 0 Å². The van der Waals surface area contributed by atoms with E-state index in [0.29, 0.717) is 0 Å². The smallest absolute Gasteiger partial charge is 0.142 e. The molecule has 0 fully saturated rings. The summed E-state index contributed by atoms with van der Waals surface area (Å²) in [5.74, 6) is 0.903. The monoisotopic (exact) mass is 179 g/mol. The molecule has 0 bridgehead atoms. The molecule has 0 aromatic carbocycles. The standard InChI is InChI=1S/C10H17N3/c1-5-9-6-11-10(7-13(3)4)12-8(9)2/h6H,5,7H2,1-4H3. The average Bonchev–Trinajstić information content (AvgIpc) is 2.03. The van der Waals surface area contributed by atoms with Gasteiger partial charge in [0.2, 0.25) is 0 Å². The summed E-state index contributed by atoms with van der Waals surface area (Å²) in [6, 6.07) is 0. The van der Waals surface area contributed by atoms with E-state index in [1.54, 1.807) is 0 Å². The van der Waals surface area contributed by atoms with Crippen molar-refractivity contribution in [1.82, 2.24) is 14.9 Å². The van der Waals surface area contributed by atoms with Gasteiger partial charge in [-0.1, -0.05) is 6.92 Å². The molecule has 0 aliphatic heterocycles. The molecule has 1 rings (SSSR count). The van der Waals surface area contributed by atoms with E-state index in [9.17, 15) is 0 Å². The third-order valence-corrected chi connectivity index (χ3v) is 1.97. The second kappa shape index (κ2) is 4.33. The molecule has 13 heavy (non-hydrogen) atoms. The van der Waals surface area contributed by atoms with Crippen molar-refractivity contribution >= 4 is 0 Å². The van der Waals surface area contributed by atoms with Crippen LogP contribution in [-0.4, -0.2) is 29.0 Å². The minimum absolute atomic E-state index is 0.810. The van der Waals surface area contributed by atoms with Crippen molar-refractivity contribution < 1.29 is 0 Å². The van der Waals surface area contributed by atoms with Crippen LogP contribution in [0.5, 0.6) is 0 Å². The highest BCUT2D eigenvalue weighted by molar-refractivity contribution is 5.15. The molecule has 0 atom stereocenters. The summed E-state index contributed by atoms with van der Waals surface area (Å²) in [5.41, 5.74) is 2.34. The Morgan fingerprint density at radius 1 is 1.38 bits per heavy atom. The van der Waals surface area contributed by atoms with Crippen molar-refractivity contribution in [3.8, 4) is 0 Å². The number of nitrogens with zero attached hydrogens (tertiary/aromatic N) is 3. The fourth-order valence-electron chi connectivity index (χ4n) is 1.25. The highest BCUT2D eigenvalue weighted by atomic mass is 15.1. The first-order valence-electron chi connectivity index (χ1n) is 4.59. The Balaban J connectivity index is 2.83. The normalized spacial score (nSPS) is 10.8. The minimum Gasteiger partial charge on any atom is -0.302 e. The molecular weight excluding hydrogens is 162 g/mol. The van der Waals surface area contributed by atoms with Crippen molar-refractivity contribution in [3.05, 3.63) is 23.3 Å². The molecule has 1 heterocycles. The molecule has 0 aliphatic carbocycles. The summed E-state index contributed by atoms with van der Waals surface area (Å²) < 4.78 is 0. The van der Waals surface area contributed by atoms with E-state index >= 15 is 0 Å². The molecule has 0 amide bonds. The van der Waals surface area contributed by atoms with Crippen LogP contribution in [0.4, 0.5) is 0 Å². The number of hydrogen-bond acceptors (Lipinski definition) is 3. The highest BCUT2D eigenvalue weighted by Gasteiger charge is 2.02. The lowest BCUT2D eigenvalue weighted by molar-refractivity contribution is 0.389. The Hall–Kier alpha value is -0.960. The van der Waals surface area contributed by atoms with Gasteiger partial charge in [0.25, 0.3) is 0 Å². The molecule has 0 aliphatic rings. The maximum Gasteiger partial charge on any atom is 0.142 e. The molecule has 0 spiro atoms. The third kappa shape index (κ3) is 2.77. The Kier molecular flexibility index (Phi) is 3.37. The maximum absolute atomic E-state index is 4.43. The molecule has 0 saturated heterocycles. The number of hydrogen-bond donors (Lipinski definition) is 0. The van der Waals surface area contributed by atoms with Crippen molar-refractivity contribution in [2.75, 3.05) is 14.1 Å². The fraction of sp³-hybridized carbons (Fsp3) is 0.600. The van der Waals surface area contributed by atoms with Gasteiger partial charge in [-0.05, 0) is 33.0 Å². The molecule has 0 N–H and O–H groups in total. The van der Waals surface area contributed by atoms with Crippen LogP contribution in [0.1, 0.15) is 24.0 Å². The zero-order valence-electron chi connectivity index (χ0n) is 8.83. The lowest BCUT2D eigenvalue weighted by Crippen LogP contribution is -2.14. The molecule has 0 unspecified atom stereocenters. The molecule has 1 aromatic rings. The zero-order chi connectivity index (χ0) is 9.84. The molecule has 72 valence electrons. The summed E-state index contributed by atoms with van der Waals surface area (Å²) >= 11 is 0. The third-order valence-electron chi connectivity index (χ3n) is 1.97. The van der Waals surface area contributed by atoms with Gasteiger partial charge in [-0.3, -0.25) is 0 Å². The molecule has 0 saturated carbocycles. The van der Waals surface area contributed by atoms with E-state index in [1.807, 2.05) is 27.2 Å². The molecule has 1 aromatic heterocycles. The second-order valence-electron chi connectivity index (χ2n) is 3.49. The van der Waals surface area contributed by atoms with Crippen molar-refractivity contribution in [1.29, 1.82) is 0 Å². The molecule has 0 radical (unpaired) electrons. The van der Waals surface area contributed by atoms with Gasteiger partial charge >= 0.3 is 0 Å². The van der Waals surface area contributed by atoms with Crippen LogP contribution in [0.3, 0.4) is 0 Å². The average molecular weight is 179 g/mol. The fourth-order valence-corrected chi connectivity index (χ4v) is 1.25. The highest BCUT2D eigenvalue weighted by Crippen LogP contribution is 2.05. The maximum atomic E-state index is 4.43. The van der Waals surface area contributed by atoms with Gasteiger partial charge in [-0.25, -0.2) is 9.97 Å². The quantitative estimate of drug-likeness (QED) is 0.702. The topological polar surface area (TPSA) is 29.0 Å². The van der Waals surface area contributed by atoms with Crippen LogP contribution in [0.25, 0.3) is 0 Å². The summed E-state index contributed by atoms with van der Waals surface area (Å²) in [6.45, 7) is 4.97. The molecular formula is C10H17N3. The second-order valence-corrected chi connectivity index (χ2v) is 3.49. The van der Waals surface area contributed by atoms with E-state index in [2.05, 4.69) is 21.8 Å². The predicted molar refractivity (Wildman–Crippen MR) is 53.5 cm³/mol. The van der Waals surface area contributed by atoms with Crippen molar-refractivity contribution in [2.45, 2.75) is 26.8 Å². The van der Waals surface area contributed by atoms with Gasteiger partial charge in [0.05, 0.1) is 6.54 Å². The Labute approximate surface area is 79.8 Å². The minimum atomic E-state index is 0.810. The lowest BCUT2D eigenvalue weighted by Gasteiger charge is -2.09. The van der Waals surface area contributed by atoms with Gasteiger partial charge < -0.3 is 4.90 Å². The first kappa shape index (κ1) is 10.1. The first-order chi connectivity index (χ1) is 6.13. The van der Waals surface area contributed by atoms with Gasteiger partial charge in [0, 0.05) is 11.9 Å². The SMILES string of the molecule is CCc1cnc(CN(C)C)nc1C. The van der Waals surface area contributed by atoms with Gasteiger partial charge in [-0.15, -0.1) is 0 Å². The number of rotatable bonds is 3. The Morgan fingerprint density at radius 3 is 2.54 bits per heavy atom. The first-order valence-corrected chi connectivity index (χ1v) is 4.59. The lowest BCUT2D eigenvalue weighted by atomic mass is 10.2. The van der Waals surface area contributed by atoms with Crippen LogP contribution in [0, 0.1) is 6.92 Å². The molecule has 3 nitrogen and oxygen atoms in total. The van der Waals surface area contributed by atoms with Crippen LogP contribution in [0.15, 0.2) is 6.20 Å². The summed E-state index contributed by atoms with van der Waals surface area (Å²) in [7, 11) is 4.04. The summed E-state index contributed by atoms with van der Waals surface area (Å²) in [5, 5.41) is 0. The van der Waals surface area contributed by atoms with E-state index < -0.39 is 0 Å². The van der Waals surface area contributed by atoms with Crippen LogP contribution in [-0.2, 0) is 13.0 Å². The van der Waals surface area contributed by atoms with Crippen LogP contribution >= 0.6 is 0 Å². The zero-order valence-corrected chi connectivity index (χ0v) is 8.83. The summed E-state index contributed by atoms with van der Waals surface area (Å²) in [6.07, 6.45) is 2.94. The predicted octanol–water partition coefficient (Wildman–Crippen LogP) is 1.41. The largest absolute Gasteiger partial charge is 0.302 e. The Morgan fingerprint density at radius 2 is 2.08 bits per heavy atom.